The van der Waals surface area contributed by atoms with E-state index in [9.17, 15) is 9.59 Å². The Balaban J connectivity index is 1.71. The number of carbonyl (C=O) groups excluding carboxylic acids is 1. The zero-order valence-electron chi connectivity index (χ0n) is 23.1. The molecule has 0 fully saturated rings. The van der Waals surface area contributed by atoms with Gasteiger partial charge >= 0.3 is 0 Å². The van der Waals surface area contributed by atoms with Crippen molar-refractivity contribution in [2.45, 2.75) is 25.3 Å². The van der Waals surface area contributed by atoms with Gasteiger partial charge in [-0.15, -0.1) is 0 Å². The number of aromatic nitrogens is 2. The molecule has 0 saturated carbocycles. The van der Waals surface area contributed by atoms with E-state index in [0.717, 1.165) is 15.6 Å². The van der Waals surface area contributed by atoms with Crippen LogP contribution in [0.15, 0.2) is 118 Å². The Labute approximate surface area is 248 Å². The topological polar surface area (TPSA) is 64.4 Å². The Morgan fingerprint density at radius 2 is 1.46 bits per heavy atom. The van der Waals surface area contributed by atoms with E-state index in [0.29, 0.717) is 42.0 Å². The molecule has 1 aromatic heterocycles. The van der Waals surface area contributed by atoms with Crippen LogP contribution in [0.5, 0.6) is 0 Å². The molecule has 0 spiro atoms. The van der Waals surface area contributed by atoms with Gasteiger partial charge < -0.3 is 9.64 Å². The fourth-order valence-corrected chi connectivity index (χ4v) is 5.56. The van der Waals surface area contributed by atoms with Crippen LogP contribution >= 0.6 is 15.9 Å². The maximum atomic E-state index is 14.7. The van der Waals surface area contributed by atoms with E-state index < -0.39 is 12.0 Å². The summed E-state index contributed by atoms with van der Waals surface area (Å²) < 4.78 is 8.03. The van der Waals surface area contributed by atoms with Gasteiger partial charge in [0.15, 0.2) is 0 Å². The summed E-state index contributed by atoms with van der Waals surface area (Å²) in [5.74, 6) is -0.0875. The van der Waals surface area contributed by atoms with Gasteiger partial charge in [0.1, 0.15) is 5.82 Å². The molecule has 0 radical (unpaired) electrons. The molecule has 5 rings (SSSR count). The molecule has 1 unspecified atom stereocenters. The fraction of sp³-hybridized carbons (Fsp3) is 0.206. The van der Waals surface area contributed by atoms with E-state index in [1.807, 2.05) is 115 Å². The van der Waals surface area contributed by atoms with Gasteiger partial charge in [-0.25, -0.2) is 4.98 Å². The average Bonchev–Trinajstić information content (AvgIpc) is 3.01. The van der Waals surface area contributed by atoms with Crippen LogP contribution in [0.3, 0.4) is 0 Å². The van der Waals surface area contributed by atoms with Crippen molar-refractivity contribution in [1.82, 2.24) is 14.5 Å². The molecule has 7 heteroatoms. The van der Waals surface area contributed by atoms with Crippen LogP contribution in [0.2, 0.25) is 0 Å². The lowest BCUT2D eigenvalue weighted by Gasteiger charge is -2.35. The van der Waals surface area contributed by atoms with Gasteiger partial charge in [-0.2, -0.15) is 0 Å². The van der Waals surface area contributed by atoms with Crippen molar-refractivity contribution in [1.29, 1.82) is 0 Å². The van der Waals surface area contributed by atoms with Crippen molar-refractivity contribution in [3.05, 3.63) is 141 Å². The smallest absolute Gasteiger partial charge is 0.266 e. The van der Waals surface area contributed by atoms with E-state index in [2.05, 4.69) is 15.9 Å². The number of halogens is 1. The van der Waals surface area contributed by atoms with Crippen LogP contribution in [0.25, 0.3) is 16.6 Å². The number of methoxy groups -OCH3 is 1. The molecule has 0 saturated heterocycles. The van der Waals surface area contributed by atoms with Crippen molar-refractivity contribution in [3.63, 3.8) is 0 Å². The maximum Gasteiger partial charge on any atom is 0.266 e. The van der Waals surface area contributed by atoms with Gasteiger partial charge in [0.2, 0.25) is 5.91 Å². The second-order valence-electron chi connectivity index (χ2n) is 9.81. The molecular weight excluding hydrogens is 578 g/mol. The highest BCUT2D eigenvalue weighted by atomic mass is 79.9. The largest absolute Gasteiger partial charge is 0.383 e. The molecule has 4 aromatic carbocycles. The monoisotopic (exact) mass is 609 g/mol. The maximum absolute atomic E-state index is 14.7. The Bertz CT molecular complexity index is 1630. The summed E-state index contributed by atoms with van der Waals surface area (Å²) >= 11 is 3.50. The van der Waals surface area contributed by atoms with Gasteiger partial charge in [-0.3, -0.25) is 14.2 Å². The van der Waals surface area contributed by atoms with Gasteiger partial charge in [-0.1, -0.05) is 95.7 Å². The molecule has 0 aliphatic carbocycles. The Kier molecular flexibility index (Phi) is 9.07. The van der Waals surface area contributed by atoms with Crippen molar-refractivity contribution in [3.8, 4) is 5.69 Å². The lowest BCUT2D eigenvalue weighted by molar-refractivity contribution is -0.135. The first kappa shape index (κ1) is 28.5. The summed E-state index contributed by atoms with van der Waals surface area (Å²) in [6.45, 7) is 2.70. The number of carbonyl (C=O) groups is 1. The molecule has 0 aliphatic heterocycles. The van der Waals surface area contributed by atoms with E-state index in [1.165, 1.54) is 0 Å². The van der Waals surface area contributed by atoms with Crippen molar-refractivity contribution in [2.24, 2.45) is 0 Å². The molecule has 0 N–H and O–H groups in total. The van der Waals surface area contributed by atoms with Crippen LogP contribution in [-0.2, 0) is 9.53 Å². The quantitative estimate of drug-likeness (QED) is 0.173. The van der Waals surface area contributed by atoms with Crippen LogP contribution < -0.4 is 5.56 Å². The van der Waals surface area contributed by atoms with Gasteiger partial charge in [0.05, 0.1) is 35.2 Å². The molecule has 0 aliphatic rings. The second-order valence-corrected chi connectivity index (χ2v) is 10.7. The average molecular weight is 611 g/mol. The third-order valence-corrected chi connectivity index (χ3v) is 7.81. The van der Waals surface area contributed by atoms with Crippen molar-refractivity contribution < 1.29 is 9.53 Å². The van der Waals surface area contributed by atoms with Crippen LogP contribution in [0.1, 0.15) is 42.3 Å². The molecule has 5 aromatic rings. The normalized spacial score (nSPS) is 12.0. The first-order valence-electron chi connectivity index (χ1n) is 13.7. The molecule has 1 amide bonds. The van der Waals surface area contributed by atoms with E-state index in [-0.39, 0.29) is 11.5 Å². The molecule has 41 heavy (non-hydrogen) atoms. The molecular formula is C34H32BrN3O3. The van der Waals surface area contributed by atoms with Gasteiger partial charge in [0.25, 0.3) is 5.56 Å². The standard InChI is InChI=1S/C34H32BrN3O3/c1-3-30(32-36-29-17-11-10-16-28(29)33(39)38(32)27-20-18-26(35)19-21-27)37(22-23-41-2)34(40)31(24-12-6-4-7-13-24)25-14-8-5-9-15-25/h4-21,30-31H,3,22-23H2,1-2H3. The third kappa shape index (κ3) is 6.01. The fourth-order valence-electron chi connectivity index (χ4n) is 5.30. The minimum absolute atomic E-state index is 0.0731. The summed E-state index contributed by atoms with van der Waals surface area (Å²) in [5, 5.41) is 0.523. The Hall–Kier alpha value is -4.07. The minimum Gasteiger partial charge on any atom is -0.383 e. The number of para-hydroxylation sites is 1. The summed E-state index contributed by atoms with van der Waals surface area (Å²) in [6.07, 6.45) is 0.549. The predicted molar refractivity (Wildman–Crippen MR) is 166 cm³/mol. The zero-order valence-corrected chi connectivity index (χ0v) is 24.7. The van der Waals surface area contributed by atoms with Crippen LogP contribution in [-0.4, -0.2) is 40.6 Å². The number of hydrogen-bond donors (Lipinski definition) is 0. The first-order valence-corrected chi connectivity index (χ1v) is 14.5. The lowest BCUT2D eigenvalue weighted by atomic mass is 9.89. The van der Waals surface area contributed by atoms with Gasteiger partial charge in [0, 0.05) is 18.1 Å². The zero-order chi connectivity index (χ0) is 28.8. The molecule has 208 valence electrons. The predicted octanol–water partition coefficient (Wildman–Crippen LogP) is 6.91. The number of amides is 1. The Morgan fingerprint density at radius 1 is 0.878 bits per heavy atom. The van der Waals surface area contributed by atoms with E-state index in [1.54, 1.807) is 17.7 Å². The van der Waals surface area contributed by atoms with Crippen molar-refractivity contribution in [2.75, 3.05) is 20.3 Å². The molecule has 6 nitrogen and oxygen atoms in total. The lowest BCUT2D eigenvalue weighted by Crippen LogP contribution is -2.42. The highest BCUT2D eigenvalue weighted by Crippen LogP contribution is 2.33. The first-order chi connectivity index (χ1) is 20.0. The minimum atomic E-state index is -0.531. The van der Waals surface area contributed by atoms with Crippen LogP contribution in [0.4, 0.5) is 0 Å². The highest BCUT2D eigenvalue weighted by Gasteiger charge is 2.34. The highest BCUT2D eigenvalue weighted by molar-refractivity contribution is 9.10. The third-order valence-electron chi connectivity index (χ3n) is 7.28. The van der Waals surface area contributed by atoms with Gasteiger partial charge in [-0.05, 0) is 53.9 Å². The molecule has 1 atom stereocenters. The number of nitrogens with zero attached hydrogens (tertiary/aromatic N) is 3. The summed E-state index contributed by atoms with van der Waals surface area (Å²) in [6, 6.07) is 34.1. The number of benzene rings is 4. The Morgan fingerprint density at radius 3 is 2.05 bits per heavy atom. The van der Waals surface area contributed by atoms with Crippen molar-refractivity contribution >= 4 is 32.7 Å². The molecule has 1 heterocycles. The summed E-state index contributed by atoms with van der Waals surface area (Å²) in [5.41, 5.74) is 2.91. The number of rotatable bonds is 10. The summed E-state index contributed by atoms with van der Waals surface area (Å²) in [4.78, 5) is 35.6. The van der Waals surface area contributed by atoms with E-state index >= 15 is 0 Å². The number of hydrogen-bond acceptors (Lipinski definition) is 4. The SMILES string of the molecule is CCC(c1nc2ccccc2c(=O)n1-c1ccc(Br)cc1)N(CCOC)C(=O)C(c1ccccc1)c1ccccc1. The summed E-state index contributed by atoms with van der Waals surface area (Å²) in [7, 11) is 1.63. The number of ether oxygens (including phenoxy) is 1. The number of fused-ring (bicyclic) bond motifs is 1. The second kappa shape index (κ2) is 13.1. The van der Waals surface area contributed by atoms with E-state index in [4.69, 9.17) is 9.72 Å². The van der Waals surface area contributed by atoms with Crippen LogP contribution in [0, 0.1) is 0 Å². The molecule has 0 bridgehead atoms.